The molecule has 2 aromatic carbocycles. The summed E-state index contributed by atoms with van der Waals surface area (Å²) in [6, 6.07) is 13.5. The van der Waals surface area contributed by atoms with Gasteiger partial charge >= 0.3 is 0 Å². The Morgan fingerprint density at radius 3 is 2.30 bits per heavy atom. The van der Waals surface area contributed by atoms with Crippen LogP contribution in [0, 0.1) is 0 Å². The van der Waals surface area contributed by atoms with Gasteiger partial charge < -0.3 is 9.88 Å². The van der Waals surface area contributed by atoms with E-state index in [-0.39, 0.29) is 10.8 Å². The molecule has 6 nitrogen and oxygen atoms in total. The van der Waals surface area contributed by atoms with Gasteiger partial charge in [0.05, 0.1) is 10.6 Å². The Morgan fingerprint density at radius 1 is 1.00 bits per heavy atom. The molecule has 0 aliphatic rings. The van der Waals surface area contributed by atoms with Gasteiger partial charge in [-0.3, -0.25) is 4.79 Å². The van der Waals surface area contributed by atoms with Gasteiger partial charge in [0, 0.05) is 35.2 Å². The summed E-state index contributed by atoms with van der Waals surface area (Å²) in [5.74, 6) is -0.293. The number of aromatic nitrogens is 1. The topological polar surface area (TPSA) is 80.2 Å². The van der Waals surface area contributed by atoms with Gasteiger partial charge in [-0.1, -0.05) is 6.07 Å². The van der Waals surface area contributed by atoms with Gasteiger partial charge in [0.2, 0.25) is 10.0 Å². The van der Waals surface area contributed by atoms with Crippen molar-refractivity contribution in [3.05, 3.63) is 60.3 Å². The summed E-state index contributed by atoms with van der Waals surface area (Å²) in [6.07, 6.45) is 1.93. The van der Waals surface area contributed by atoms with Crippen LogP contribution in [0.15, 0.2) is 59.6 Å². The van der Waals surface area contributed by atoms with Crippen molar-refractivity contribution in [1.82, 2.24) is 9.29 Å². The largest absolute Gasteiger partial charge is 0.350 e. The van der Waals surface area contributed by atoms with Gasteiger partial charge in [0.15, 0.2) is 0 Å². The number of benzene rings is 2. The van der Waals surface area contributed by atoms with Crippen molar-refractivity contribution in [1.29, 1.82) is 0 Å². The summed E-state index contributed by atoms with van der Waals surface area (Å²) in [4.78, 5) is 12.7. The number of carbonyl (C=O) groups is 1. The van der Waals surface area contributed by atoms with Crippen LogP contribution in [0.2, 0.25) is 0 Å². The van der Waals surface area contributed by atoms with E-state index in [9.17, 15) is 13.2 Å². The van der Waals surface area contributed by atoms with E-state index in [4.69, 9.17) is 0 Å². The lowest BCUT2D eigenvalue weighted by Crippen LogP contribution is -2.40. The average Bonchev–Trinajstić information content (AvgIpc) is 2.95. The maximum atomic E-state index is 12.6. The van der Waals surface area contributed by atoms with Gasteiger partial charge in [0.1, 0.15) is 0 Å². The molecule has 2 N–H and O–H groups in total. The summed E-state index contributed by atoms with van der Waals surface area (Å²) in [5.41, 5.74) is 1.54. The highest BCUT2D eigenvalue weighted by molar-refractivity contribution is 7.89. The summed E-state index contributed by atoms with van der Waals surface area (Å²) in [6.45, 7) is 5.32. The number of fused-ring (bicyclic) bond motifs is 1. The number of aryl methyl sites for hydroxylation is 1. The van der Waals surface area contributed by atoms with Crippen LogP contribution >= 0.6 is 0 Å². The predicted octanol–water partition coefficient (Wildman–Crippen LogP) is 3.51. The Bertz CT molecular complexity index is 1090. The highest BCUT2D eigenvalue weighted by atomic mass is 32.2. The smallest absolute Gasteiger partial charge is 0.255 e. The molecule has 0 aliphatic heterocycles. The van der Waals surface area contributed by atoms with Crippen molar-refractivity contribution < 1.29 is 13.2 Å². The van der Waals surface area contributed by atoms with Crippen LogP contribution in [0.1, 0.15) is 31.1 Å². The van der Waals surface area contributed by atoms with E-state index in [0.717, 1.165) is 10.9 Å². The van der Waals surface area contributed by atoms with Crippen molar-refractivity contribution in [2.75, 3.05) is 5.32 Å². The third-order valence-electron chi connectivity index (χ3n) is 4.04. The van der Waals surface area contributed by atoms with Crippen molar-refractivity contribution in [3.63, 3.8) is 0 Å². The Hall–Kier alpha value is -2.64. The zero-order valence-corrected chi connectivity index (χ0v) is 16.6. The molecule has 0 radical (unpaired) electrons. The Balaban J connectivity index is 1.82. The van der Waals surface area contributed by atoms with Crippen molar-refractivity contribution >= 4 is 32.5 Å². The van der Waals surface area contributed by atoms with Crippen LogP contribution in [0.3, 0.4) is 0 Å². The molecule has 0 atom stereocenters. The summed E-state index contributed by atoms with van der Waals surface area (Å²) in [7, 11) is -1.69. The highest BCUT2D eigenvalue weighted by Crippen LogP contribution is 2.24. The molecule has 0 fully saturated rings. The molecule has 3 rings (SSSR count). The molecular weight excluding hydrogens is 362 g/mol. The van der Waals surface area contributed by atoms with E-state index >= 15 is 0 Å². The summed E-state index contributed by atoms with van der Waals surface area (Å²) < 4.78 is 29.3. The molecule has 0 spiro atoms. The SMILES string of the molecule is Cn1ccc2c(NC(=O)c3ccc(S(=O)(=O)NC(C)(C)C)cc3)cccc21. The average molecular weight is 385 g/mol. The molecule has 0 aliphatic carbocycles. The molecule has 0 bridgehead atoms. The maximum absolute atomic E-state index is 12.6. The lowest BCUT2D eigenvalue weighted by atomic mass is 10.1. The van der Waals surface area contributed by atoms with Crippen LogP contribution in [0.5, 0.6) is 0 Å². The Labute approximate surface area is 159 Å². The minimum Gasteiger partial charge on any atom is -0.350 e. The number of rotatable bonds is 4. The van der Waals surface area contributed by atoms with E-state index in [0.29, 0.717) is 11.3 Å². The first-order valence-corrected chi connectivity index (χ1v) is 10.0. The number of hydrogen-bond acceptors (Lipinski definition) is 3. The molecule has 0 unspecified atom stereocenters. The normalized spacial score (nSPS) is 12.3. The Kier molecular flexibility index (Phi) is 4.84. The highest BCUT2D eigenvalue weighted by Gasteiger charge is 2.22. The van der Waals surface area contributed by atoms with Crippen molar-refractivity contribution in [3.8, 4) is 0 Å². The van der Waals surface area contributed by atoms with E-state index in [1.807, 2.05) is 42.1 Å². The van der Waals surface area contributed by atoms with E-state index < -0.39 is 15.6 Å². The molecular formula is C20H23N3O3S. The predicted molar refractivity (Wildman–Crippen MR) is 107 cm³/mol. The van der Waals surface area contributed by atoms with Crippen LogP contribution in [-0.4, -0.2) is 24.4 Å². The fourth-order valence-electron chi connectivity index (χ4n) is 2.85. The second-order valence-electron chi connectivity index (χ2n) is 7.50. The van der Waals surface area contributed by atoms with E-state index in [1.165, 1.54) is 24.3 Å². The molecule has 0 saturated carbocycles. The van der Waals surface area contributed by atoms with Crippen LogP contribution in [-0.2, 0) is 17.1 Å². The van der Waals surface area contributed by atoms with Gasteiger partial charge in [-0.2, -0.15) is 0 Å². The maximum Gasteiger partial charge on any atom is 0.255 e. The minimum atomic E-state index is -3.63. The number of hydrogen-bond donors (Lipinski definition) is 2. The molecule has 1 heterocycles. The quantitative estimate of drug-likeness (QED) is 0.721. The number of nitrogens with one attached hydrogen (secondary N) is 2. The number of amides is 1. The first-order valence-electron chi connectivity index (χ1n) is 8.56. The number of nitrogens with zero attached hydrogens (tertiary/aromatic N) is 1. The summed E-state index contributed by atoms with van der Waals surface area (Å²) >= 11 is 0. The van der Waals surface area contributed by atoms with Gasteiger partial charge in [-0.15, -0.1) is 0 Å². The van der Waals surface area contributed by atoms with E-state index in [2.05, 4.69) is 10.0 Å². The first-order chi connectivity index (χ1) is 12.6. The molecule has 0 saturated heterocycles. The van der Waals surface area contributed by atoms with E-state index in [1.54, 1.807) is 20.8 Å². The van der Waals surface area contributed by atoms with Crippen LogP contribution < -0.4 is 10.0 Å². The van der Waals surface area contributed by atoms with Crippen molar-refractivity contribution in [2.24, 2.45) is 7.05 Å². The third-order valence-corrected chi connectivity index (χ3v) is 5.82. The second kappa shape index (κ2) is 6.83. The van der Waals surface area contributed by atoms with Crippen LogP contribution in [0.4, 0.5) is 5.69 Å². The molecule has 142 valence electrons. The van der Waals surface area contributed by atoms with Crippen molar-refractivity contribution in [2.45, 2.75) is 31.2 Å². The molecule has 3 aromatic rings. The zero-order valence-electron chi connectivity index (χ0n) is 15.8. The Morgan fingerprint density at radius 2 is 1.67 bits per heavy atom. The molecule has 1 aromatic heterocycles. The fourth-order valence-corrected chi connectivity index (χ4v) is 4.27. The van der Waals surface area contributed by atoms with Gasteiger partial charge in [0.25, 0.3) is 5.91 Å². The third kappa shape index (κ3) is 4.20. The van der Waals surface area contributed by atoms with Gasteiger partial charge in [-0.05, 0) is 63.2 Å². The minimum absolute atomic E-state index is 0.124. The fraction of sp³-hybridized carbons (Fsp3) is 0.250. The number of sulfonamides is 1. The number of anilines is 1. The summed E-state index contributed by atoms with van der Waals surface area (Å²) in [5, 5.41) is 3.84. The monoisotopic (exact) mass is 385 g/mol. The molecule has 7 heteroatoms. The first kappa shape index (κ1) is 19.1. The molecule has 1 amide bonds. The zero-order chi connectivity index (χ0) is 19.8. The lowest BCUT2D eigenvalue weighted by Gasteiger charge is -2.20. The van der Waals surface area contributed by atoms with Gasteiger partial charge in [-0.25, -0.2) is 13.1 Å². The standard InChI is InChI=1S/C20H23N3O3S/c1-20(2,3)22-27(25,26)15-10-8-14(9-11-15)19(24)21-17-6-5-7-18-16(17)12-13-23(18)4/h5-13,22H,1-4H3,(H,21,24). The lowest BCUT2D eigenvalue weighted by molar-refractivity contribution is 0.102. The number of carbonyl (C=O) groups excluding carboxylic acids is 1. The van der Waals surface area contributed by atoms with Crippen LogP contribution in [0.25, 0.3) is 10.9 Å². The molecule has 27 heavy (non-hydrogen) atoms. The second-order valence-corrected chi connectivity index (χ2v) is 9.18.